The van der Waals surface area contributed by atoms with Crippen LogP contribution in [-0.2, 0) is 4.74 Å². The smallest absolute Gasteiger partial charge is 0.252 e. The number of carbonyl (C=O) groups is 1. The molecule has 2 heterocycles. The van der Waals surface area contributed by atoms with Gasteiger partial charge in [0.25, 0.3) is 5.91 Å². The molecule has 1 N–H and O–H groups in total. The largest absolute Gasteiger partial charge is 0.378 e. The Bertz CT molecular complexity index is 907. The van der Waals surface area contributed by atoms with E-state index >= 15 is 0 Å². The predicted molar refractivity (Wildman–Crippen MR) is 120 cm³/mol. The molecule has 0 radical (unpaired) electrons. The zero-order valence-corrected chi connectivity index (χ0v) is 17.7. The molecular weight excluding hydrogens is 362 g/mol. The quantitative estimate of drug-likeness (QED) is 0.704. The average Bonchev–Trinajstić information content (AvgIpc) is 2.73. The third kappa shape index (κ3) is 5.91. The van der Waals surface area contributed by atoms with Crippen LogP contribution in [0.25, 0.3) is 10.9 Å². The van der Waals surface area contributed by atoms with E-state index in [1.54, 1.807) is 0 Å². The first kappa shape index (κ1) is 21.1. The minimum atomic E-state index is -0.0635. The molecule has 1 fully saturated rings. The summed E-state index contributed by atoms with van der Waals surface area (Å²) in [5.41, 5.74) is 4.14. The monoisotopic (exact) mass is 393 g/mol. The van der Waals surface area contributed by atoms with Crippen LogP contribution in [0.1, 0.15) is 44.0 Å². The fourth-order valence-corrected chi connectivity index (χ4v) is 3.41. The number of benzene rings is 1. The maximum absolute atomic E-state index is 13.0. The topological polar surface area (TPSA) is 54.5 Å². The summed E-state index contributed by atoms with van der Waals surface area (Å²) in [6, 6.07) is 9.74. The molecule has 0 bridgehead atoms. The minimum absolute atomic E-state index is 0.0635. The number of nitrogens with zero attached hydrogens (tertiary/aromatic N) is 2. The van der Waals surface area contributed by atoms with Gasteiger partial charge < -0.3 is 15.0 Å². The SMILES string of the molecule is CC(C)=CCC/C(C)=C/CNC(=O)c1cc(N2CCOCC2)nc2ccccc12. The van der Waals surface area contributed by atoms with Crippen molar-refractivity contribution in [2.45, 2.75) is 33.6 Å². The van der Waals surface area contributed by atoms with Gasteiger partial charge >= 0.3 is 0 Å². The number of pyridine rings is 1. The Morgan fingerprint density at radius 2 is 1.93 bits per heavy atom. The van der Waals surface area contributed by atoms with Gasteiger partial charge in [0, 0.05) is 25.0 Å². The molecule has 2 aromatic rings. The Balaban J connectivity index is 1.73. The second-order valence-electron chi connectivity index (χ2n) is 7.73. The lowest BCUT2D eigenvalue weighted by Crippen LogP contribution is -2.37. The maximum atomic E-state index is 13.0. The summed E-state index contributed by atoms with van der Waals surface area (Å²) in [5.74, 6) is 0.775. The van der Waals surface area contributed by atoms with Gasteiger partial charge in [-0.1, -0.05) is 41.5 Å². The zero-order chi connectivity index (χ0) is 20.6. The van der Waals surface area contributed by atoms with E-state index in [9.17, 15) is 4.79 Å². The zero-order valence-electron chi connectivity index (χ0n) is 17.7. The Labute approximate surface area is 173 Å². The predicted octanol–water partition coefficient (Wildman–Crippen LogP) is 4.49. The number of carbonyl (C=O) groups excluding carboxylic acids is 1. The van der Waals surface area contributed by atoms with Crippen LogP contribution in [0, 0.1) is 0 Å². The highest BCUT2D eigenvalue weighted by Crippen LogP contribution is 2.23. The number of ether oxygens (including phenoxy) is 1. The Kier molecular flexibility index (Phi) is 7.42. The highest BCUT2D eigenvalue weighted by atomic mass is 16.5. The van der Waals surface area contributed by atoms with Crippen molar-refractivity contribution in [1.82, 2.24) is 10.3 Å². The van der Waals surface area contributed by atoms with Crippen LogP contribution in [0.5, 0.6) is 0 Å². The lowest BCUT2D eigenvalue weighted by molar-refractivity contribution is 0.0959. The summed E-state index contributed by atoms with van der Waals surface area (Å²) in [7, 11) is 0. The number of hydrogen-bond acceptors (Lipinski definition) is 4. The van der Waals surface area contributed by atoms with Crippen molar-refractivity contribution in [1.29, 1.82) is 0 Å². The van der Waals surface area contributed by atoms with Crippen molar-refractivity contribution < 1.29 is 9.53 Å². The maximum Gasteiger partial charge on any atom is 0.252 e. The van der Waals surface area contributed by atoms with Gasteiger partial charge in [-0.05, 0) is 45.7 Å². The van der Waals surface area contributed by atoms with Crippen molar-refractivity contribution in [3.05, 3.63) is 59.2 Å². The van der Waals surface area contributed by atoms with Gasteiger partial charge in [-0.15, -0.1) is 0 Å². The third-order valence-electron chi connectivity index (χ3n) is 5.09. The van der Waals surface area contributed by atoms with Gasteiger partial charge in [0.2, 0.25) is 0 Å². The molecule has 0 saturated carbocycles. The fourth-order valence-electron chi connectivity index (χ4n) is 3.41. The van der Waals surface area contributed by atoms with E-state index in [2.05, 4.69) is 43.1 Å². The molecule has 1 aliphatic heterocycles. The van der Waals surface area contributed by atoms with Crippen LogP contribution in [-0.4, -0.2) is 43.7 Å². The lowest BCUT2D eigenvalue weighted by Gasteiger charge is -2.28. The van der Waals surface area contributed by atoms with E-state index in [1.165, 1.54) is 11.1 Å². The summed E-state index contributed by atoms with van der Waals surface area (Å²) in [5, 5.41) is 3.93. The van der Waals surface area contributed by atoms with E-state index in [4.69, 9.17) is 9.72 Å². The molecule has 1 aliphatic rings. The van der Waals surface area contributed by atoms with E-state index < -0.39 is 0 Å². The summed E-state index contributed by atoms with van der Waals surface area (Å²) >= 11 is 0. The number of rotatable bonds is 7. The standard InChI is InChI=1S/C24H31N3O2/c1-18(2)7-6-8-19(3)11-12-25-24(28)21-17-23(27-13-15-29-16-14-27)26-22-10-5-4-9-20(21)22/h4-5,7,9-11,17H,6,8,12-16H2,1-3H3,(H,25,28)/b19-11+. The summed E-state index contributed by atoms with van der Waals surface area (Å²) in [6.07, 6.45) is 6.39. The molecule has 3 rings (SSSR count). The Hall–Kier alpha value is -2.66. The molecule has 1 amide bonds. The van der Waals surface area contributed by atoms with Gasteiger partial charge in [0.05, 0.1) is 24.3 Å². The number of amides is 1. The third-order valence-corrected chi connectivity index (χ3v) is 5.09. The van der Waals surface area contributed by atoms with Gasteiger partial charge in [-0.3, -0.25) is 4.79 Å². The summed E-state index contributed by atoms with van der Waals surface area (Å²) < 4.78 is 5.44. The molecule has 29 heavy (non-hydrogen) atoms. The molecule has 1 aromatic carbocycles. The average molecular weight is 394 g/mol. The highest BCUT2D eigenvalue weighted by molar-refractivity contribution is 6.07. The molecule has 5 nitrogen and oxygen atoms in total. The van der Waals surface area contributed by atoms with Crippen molar-refractivity contribution in [2.75, 3.05) is 37.7 Å². The molecule has 1 saturated heterocycles. The van der Waals surface area contributed by atoms with Gasteiger partial charge in [0.1, 0.15) is 5.82 Å². The number of allylic oxidation sites excluding steroid dienone is 3. The number of morpholine rings is 1. The molecule has 0 unspecified atom stereocenters. The van der Waals surface area contributed by atoms with Crippen LogP contribution in [0.2, 0.25) is 0 Å². The van der Waals surface area contributed by atoms with E-state index in [1.807, 2.05) is 30.3 Å². The Morgan fingerprint density at radius 1 is 1.17 bits per heavy atom. The van der Waals surface area contributed by atoms with Gasteiger partial charge in [0.15, 0.2) is 0 Å². The molecule has 154 valence electrons. The minimum Gasteiger partial charge on any atom is -0.378 e. The number of aromatic nitrogens is 1. The first-order valence-electron chi connectivity index (χ1n) is 10.3. The van der Waals surface area contributed by atoms with Crippen molar-refractivity contribution in [3.8, 4) is 0 Å². The first-order valence-corrected chi connectivity index (χ1v) is 10.3. The number of anilines is 1. The first-order chi connectivity index (χ1) is 14.0. The van der Waals surface area contributed by atoms with Crippen LogP contribution in [0.4, 0.5) is 5.82 Å². The van der Waals surface area contributed by atoms with Crippen LogP contribution in [0.15, 0.2) is 53.6 Å². The number of fused-ring (bicyclic) bond motifs is 1. The Morgan fingerprint density at radius 3 is 2.69 bits per heavy atom. The molecular formula is C24H31N3O2. The number of hydrogen-bond donors (Lipinski definition) is 1. The molecule has 5 heteroatoms. The summed E-state index contributed by atoms with van der Waals surface area (Å²) in [6.45, 7) is 9.83. The normalized spacial score (nSPS) is 14.7. The van der Waals surface area contributed by atoms with Crippen molar-refractivity contribution in [2.24, 2.45) is 0 Å². The van der Waals surface area contributed by atoms with E-state index in [0.29, 0.717) is 25.3 Å². The van der Waals surface area contributed by atoms with Crippen molar-refractivity contribution >= 4 is 22.6 Å². The molecule has 0 atom stereocenters. The summed E-state index contributed by atoms with van der Waals surface area (Å²) in [4.78, 5) is 19.9. The highest BCUT2D eigenvalue weighted by Gasteiger charge is 2.17. The number of nitrogens with one attached hydrogen (secondary N) is 1. The number of para-hydroxylation sites is 1. The van der Waals surface area contributed by atoms with Crippen molar-refractivity contribution in [3.63, 3.8) is 0 Å². The van der Waals surface area contributed by atoms with Gasteiger partial charge in [-0.25, -0.2) is 4.98 Å². The second kappa shape index (κ2) is 10.2. The molecule has 0 aliphatic carbocycles. The second-order valence-corrected chi connectivity index (χ2v) is 7.73. The fraction of sp³-hybridized carbons (Fsp3) is 0.417. The van der Waals surface area contributed by atoms with Crippen LogP contribution < -0.4 is 10.2 Å². The van der Waals surface area contributed by atoms with Crippen LogP contribution in [0.3, 0.4) is 0 Å². The van der Waals surface area contributed by atoms with Gasteiger partial charge in [-0.2, -0.15) is 0 Å². The molecule has 0 spiro atoms. The van der Waals surface area contributed by atoms with Crippen LogP contribution >= 0.6 is 0 Å². The van der Waals surface area contributed by atoms with E-state index in [0.717, 1.165) is 42.7 Å². The van der Waals surface area contributed by atoms with E-state index in [-0.39, 0.29) is 5.91 Å². The lowest BCUT2D eigenvalue weighted by atomic mass is 10.1. The molecule has 1 aromatic heterocycles.